The molecule has 12 rings (SSSR count). The maximum atomic E-state index is 5.14. The van der Waals surface area contributed by atoms with Gasteiger partial charge >= 0.3 is 0 Å². The van der Waals surface area contributed by atoms with Crippen LogP contribution in [0.4, 0.5) is 0 Å². The van der Waals surface area contributed by atoms with Crippen LogP contribution in [0.5, 0.6) is 0 Å². The van der Waals surface area contributed by atoms with E-state index < -0.39 is 0 Å². The largest absolute Gasteiger partial charge is 0.309 e. The Labute approximate surface area is 372 Å². The van der Waals surface area contributed by atoms with E-state index in [1.54, 1.807) is 0 Å². The van der Waals surface area contributed by atoms with Crippen LogP contribution in [0.15, 0.2) is 249 Å². The van der Waals surface area contributed by atoms with Gasteiger partial charge in [0.15, 0.2) is 0 Å². The second-order valence-corrected chi connectivity index (χ2v) is 16.4. The minimum Gasteiger partial charge on any atom is -0.309 e. The molecule has 0 spiro atoms. The lowest BCUT2D eigenvalue weighted by atomic mass is 9.89. The van der Waals surface area contributed by atoms with Gasteiger partial charge in [-0.2, -0.15) is 5.10 Å². The van der Waals surface area contributed by atoms with Crippen molar-refractivity contribution in [2.75, 3.05) is 0 Å². The van der Waals surface area contributed by atoms with Gasteiger partial charge in [0.05, 0.1) is 28.1 Å². The highest BCUT2D eigenvalue weighted by atomic mass is 15.3. The van der Waals surface area contributed by atoms with Crippen LogP contribution in [0.2, 0.25) is 0 Å². The Morgan fingerprint density at radius 3 is 1.55 bits per heavy atom. The molecule has 0 N–H and O–H groups in total. The first-order valence-corrected chi connectivity index (χ1v) is 21.9. The summed E-state index contributed by atoms with van der Waals surface area (Å²) in [5, 5.41) is 10.1. The Kier molecular flexibility index (Phi) is 9.16. The molecule has 0 unspecified atom stereocenters. The SMILES string of the molecule is c1ccc(-c2cc(-c3ccccc3)n(-c3ccc(-c4ccccc4-c4ccccc4-c4ccc5c(c4)c4ccccc4n5-c4ccc(-c5ccc6ccccc6c5)cc4)cc3)n2)cc1. The van der Waals surface area contributed by atoms with Crippen molar-refractivity contribution in [1.29, 1.82) is 0 Å². The quantitative estimate of drug-likeness (QED) is 0.150. The van der Waals surface area contributed by atoms with Crippen LogP contribution in [0.3, 0.4) is 0 Å². The van der Waals surface area contributed by atoms with E-state index in [-0.39, 0.29) is 0 Å². The molecule has 0 aliphatic rings. The fourth-order valence-corrected chi connectivity index (χ4v) is 9.45. The summed E-state index contributed by atoms with van der Waals surface area (Å²) in [4.78, 5) is 0. The zero-order valence-electron chi connectivity index (χ0n) is 35.0. The van der Waals surface area contributed by atoms with Crippen LogP contribution in [0.1, 0.15) is 0 Å². The third-order valence-electron chi connectivity index (χ3n) is 12.6. The normalized spacial score (nSPS) is 11.4. The number of hydrogen-bond donors (Lipinski definition) is 0. The van der Waals surface area contributed by atoms with E-state index in [1.165, 1.54) is 71.5 Å². The van der Waals surface area contributed by atoms with Crippen molar-refractivity contribution in [3.63, 3.8) is 0 Å². The number of fused-ring (bicyclic) bond motifs is 4. The Morgan fingerprint density at radius 2 is 0.812 bits per heavy atom. The van der Waals surface area contributed by atoms with Gasteiger partial charge in [0.25, 0.3) is 0 Å². The summed E-state index contributed by atoms with van der Waals surface area (Å²) >= 11 is 0. The molecule has 0 saturated carbocycles. The highest BCUT2D eigenvalue weighted by Crippen LogP contribution is 2.41. The molecule has 12 aromatic rings. The predicted octanol–water partition coefficient (Wildman–Crippen LogP) is 16.1. The summed E-state index contributed by atoms with van der Waals surface area (Å²) in [5.74, 6) is 0. The number of hydrogen-bond acceptors (Lipinski definition) is 1. The van der Waals surface area contributed by atoms with Crippen LogP contribution in [-0.2, 0) is 0 Å². The van der Waals surface area contributed by atoms with Gasteiger partial charge in [-0.1, -0.05) is 194 Å². The van der Waals surface area contributed by atoms with Crippen molar-refractivity contribution in [2.45, 2.75) is 0 Å². The van der Waals surface area contributed by atoms with Crippen LogP contribution in [0.25, 0.3) is 111 Å². The molecule has 0 aliphatic heterocycles. The first kappa shape index (κ1) is 37.2. The molecular formula is C61H41N3. The molecule has 10 aromatic carbocycles. The summed E-state index contributed by atoms with van der Waals surface area (Å²) in [6, 6.07) is 89.5. The second kappa shape index (κ2) is 15.7. The molecule has 0 radical (unpaired) electrons. The zero-order valence-corrected chi connectivity index (χ0v) is 35.0. The van der Waals surface area contributed by atoms with Crippen molar-refractivity contribution in [3.05, 3.63) is 249 Å². The van der Waals surface area contributed by atoms with Gasteiger partial charge in [0.1, 0.15) is 0 Å². The molecule has 0 amide bonds. The molecule has 300 valence electrons. The van der Waals surface area contributed by atoms with Gasteiger partial charge in [0, 0.05) is 27.6 Å². The highest BCUT2D eigenvalue weighted by molar-refractivity contribution is 6.11. The van der Waals surface area contributed by atoms with E-state index in [0.29, 0.717) is 0 Å². The standard InChI is InChI=1S/C61H41N3/c1-3-16-45(17-4-1)58-41-61(46-18-5-2-6-19-46)64(62-58)51-36-31-44(32-37-51)52-21-9-11-23-54(52)55-24-12-10-22-53(55)49-33-38-60-57(40-49)56-25-13-14-26-59(56)63(60)50-34-29-43(30-35-50)48-28-27-42-15-7-8-20-47(42)39-48/h1-41H. The lowest BCUT2D eigenvalue weighted by Gasteiger charge is -2.16. The number of para-hydroxylation sites is 1. The number of nitrogens with zero attached hydrogens (tertiary/aromatic N) is 3. The van der Waals surface area contributed by atoms with Crippen molar-refractivity contribution in [3.8, 4) is 78.4 Å². The molecule has 2 heterocycles. The van der Waals surface area contributed by atoms with Crippen LogP contribution >= 0.6 is 0 Å². The van der Waals surface area contributed by atoms with Crippen molar-refractivity contribution < 1.29 is 0 Å². The second-order valence-electron chi connectivity index (χ2n) is 16.4. The number of benzene rings is 10. The van der Waals surface area contributed by atoms with Gasteiger partial charge in [-0.05, 0) is 110 Å². The average molecular weight is 816 g/mol. The molecule has 0 fully saturated rings. The highest BCUT2D eigenvalue weighted by Gasteiger charge is 2.18. The van der Waals surface area contributed by atoms with Gasteiger partial charge in [-0.25, -0.2) is 4.68 Å². The molecule has 0 bridgehead atoms. The minimum absolute atomic E-state index is 0.944. The maximum absolute atomic E-state index is 5.14. The fourth-order valence-electron chi connectivity index (χ4n) is 9.45. The van der Waals surface area contributed by atoms with E-state index in [1.807, 2.05) is 6.07 Å². The molecule has 64 heavy (non-hydrogen) atoms. The van der Waals surface area contributed by atoms with Crippen molar-refractivity contribution >= 4 is 32.6 Å². The summed E-state index contributed by atoms with van der Waals surface area (Å²) in [6.45, 7) is 0. The molecule has 0 saturated heterocycles. The zero-order chi connectivity index (χ0) is 42.4. The average Bonchev–Trinajstić information content (AvgIpc) is 3.97. The maximum Gasteiger partial charge on any atom is 0.0934 e. The summed E-state index contributed by atoms with van der Waals surface area (Å²) in [7, 11) is 0. The molecule has 3 heteroatoms. The lowest BCUT2D eigenvalue weighted by molar-refractivity contribution is 0.892. The monoisotopic (exact) mass is 815 g/mol. The van der Waals surface area contributed by atoms with Crippen molar-refractivity contribution in [2.24, 2.45) is 0 Å². The van der Waals surface area contributed by atoms with E-state index in [4.69, 9.17) is 5.10 Å². The van der Waals surface area contributed by atoms with E-state index in [2.05, 4.69) is 252 Å². The predicted molar refractivity (Wildman–Crippen MR) is 268 cm³/mol. The van der Waals surface area contributed by atoms with Gasteiger partial charge in [-0.3, -0.25) is 0 Å². The third-order valence-corrected chi connectivity index (χ3v) is 12.6. The molecule has 0 atom stereocenters. The van der Waals surface area contributed by atoms with E-state index in [0.717, 1.165) is 39.5 Å². The smallest absolute Gasteiger partial charge is 0.0934 e. The van der Waals surface area contributed by atoms with Gasteiger partial charge in [-0.15, -0.1) is 0 Å². The number of rotatable bonds is 8. The van der Waals surface area contributed by atoms with Gasteiger partial charge in [0.2, 0.25) is 0 Å². The molecule has 2 aromatic heterocycles. The fraction of sp³-hybridized carbons (Fsp3) is 0. The van der Waals surface area contributed by atoms with E-state index >= 15 is 0 Å². The molecule has 3 nitrogen and oxygen atoms in total. The molecule has 0 aliphatic carbocycles. The Balaban J connectivity index is 0.906. The summed E-state index contributed by atoms with van der Waals surface area (Å²) in [5.41, 5.74) is 18.3. The third kappa shape index (κ3) is 6.59. The van der Waals surface area contributed by atoms with E-state index in [9.17, 15) is 0 Å². The Morgan fingerprint density at radius 1 is 0.281 bits per heavy atom. The van der Waals surface area contributed by atoms with Crippen LogP contribution < -0.4 is 0 Å². The summed E-state index contributed by atoms with van der Waals surface area (Å²) in [6.07, 6.45) is 0. The van der Waals surface area contributed by atoms with Crippen LogP contribution in [0, 0.1) is 0 Å². The lowest BCUT2D eigenvalue weighted by Crippen LogP contribution is -1.99. The Bertz CT molecular complexity index is 3630. The topological polar surface area (TPSA) is 22.8 Å². The number of aromatic nitrogens is 3. The Hall–Kier alpha value is -8.53. The first-order valence-electron chi connectivity index (χ1n) is 21.9. The van der Waals surface area contributed by atoms with Crippen LogP contribution in [-0.4, -0.2) is 14.3 Å². The van der Waals surface area contributed by atoms with Crippen molar-refractivity contribution in [1.82, 2.24) is 14.3 Å². The summed E-state index contributed by atoms with van der Waals surface area (Å²) < 4.78 is 4.47. The first-order chi connectivity index (χ1) is 31.7. The van der Waals surface area contributed by atoms with Gasteiger partial charge < -0.3 is 4.57 Å². The minimum atomic E-state index is 0.944. The molecular weight excluding hydrogens is 775 g/mol.